The zero-order valence-corrected chi connectivity index (χ0v) is 30.8. The largest absolute Gasteiger partial charge is 0.456 e. The lowest BCUT2D eigenvalue weighted by Gasteiger charge is -2.26. The highest BCUT2D eigenvalue weighted by molar-refractivity contribution is 6.26. The fraction of sp³-hybridized carbons (Fsp3) is 0.0189. The molecule has 1 aliphatic rings. The van der Waals surface area contributed by atoms with Crippen LogP contribution in [0.4, 0.5) is 0 Å². The van der Waals surface area contributed by atoms with E-state index in [1.807, 2.05) is 12.1 Å². The predicted octanol–water partition coefficient (Wildman–Crippen LogP) is 13.5. The second kappa shape index (κ2) is 12.5. The average Bonchev–Trinajstić information content (AvgIpc) is 3.66. The first kappa shape index (κ1) is 31.8. The van der Waals surface area contributed by atoms with E-state index >= 15 is 0 Å². The minimum atomic E-state index is -0.440. The van der Waals surface area contributed by atoms with Crippen LogP contribution in [0.5, 0.6) is 0 Å². The summed E-state index contributed by atoms with van der Waals surface area (Å²) in [6, 6.07) is 66.9. The second-order valence-corrected chi connectivity index (χ2v) is 14.9. The van der Waals surface area contributed by atoms with Gasteiger partial charge in [0, 0.05) is 27.5 Å². The Bertz CT molecular complexity index is 3520. The van der Waals surface area contributed by atoms with Crippen LogP contribution in [0, 0.1) is 0 Å². The van der Waals surface area contributed by atoms with Gasteiger partial charge in [0.05, 0.1) is 0 Å². The molecule has 1 atom stereocenters. The van der Waals surface area contributed by atoms with Crippen LogP contribution in [-0.4, -0.2) is 11.7 Å². The van der Waals surface area contributed by atoms with Crippen LogP contribution in [0.2, 0.25) is 0 Å². The van der Waals surface area contributed by atoms with Crippen LogP contribution in [-0.2, 0) is 0 Å². The minimum absolute atomic E-state index is 0.440. The lowest BCUT2D eigenvalue weighted by Crippen LogP contribution is -2.34. The normalized spacial score (nSPS) is 14.5. The predicted molar refractivity (Wildman–Crippen MR) is 239 cm³/mol. The van der Waals surface area contributed by atoms with E-state index in [1.54, 1.807) is 0 Å². The molecular formula is C53H33N3O. The second-order valence-electron chi connectivity index (χ2n) is 14.9. The standard InChI is InChI=1S/C53H33N3O/c1-2-14-33-27-34(26-25-32(33)13-1)37-30-47(50-44-23-11-12-24-48(44)57-49(50)31-37)53-55-51(45-28-35-15-3-5-17-38(35)40-19-7-9-21-42(40)45)54-52(56-53)46-29-36-16-4-6-18-39(36)41-20-8-10-22-43(41)46/h1-31,51H,(H,54,55,56). The number of hydrogen-bond donors (Lipinski definition) is 1. The third-order valence-electron chi connectivity index (χ3n) is 11.7. The van der Waals surface area contributed by atoms with Crippen molar-refractivity contribution in [2.75, 3.05) is 0 Å². The Morgan fingerprint density at radius 2 is 1.00 bits per heavy atom. The smallest absolute Gasteiger partial charge is 0.160 e. The van der Waals surface area contributed by atoms with E-state index < -0.39 is 6.17 Å². The Morgan fingerprint density at radius 1 is 0.404 bits per heavy atom. The molecule has 0 saturated carbocycles. The Labute approximate surface area is 328 Å². The van der Waals surface area contributed by atoms with Crippen molar-refractivity contribution in [3.63, 3.8) is 0 Å². The van der Waals surface area contributed by atoms with Gasteiger partial charge in [-0.15, -0.1) is 0 Å². The van der Waals surface area contributed by atoms with Crippen molar-refractivity contribution < 1.29 is 4.42 Å². The van der Waals surface area contributed by atoms with E-state index in [2.05, 4.69) is 181 Å². The first-order valence-electron chi connectivity index (χ1n) is 19.4. The van der Waals surface area contributed by atoms with Gasteiger partial charge >= 0.3 is 0 Å². The molecule has 1 aromatic heterocycles. The summed E-state index contributed by atoms with van der Waals surface area (Å²) in [4.78, 5) is 11.1. The summed E-state index contributed by atoms with van der Waals surface area (Å²) in [5, 5.41) is 17.8. The maximum Gasteiger partial charge on any atom is 0.160 e. The molecule has 0 spiro atoms. The SMILES string of the molecule is c1ccc2cc(-c3cc(C4=NC(c5cc6ccccc6c6ccccc56)NC(c5cc6ccccc6c6ccccc56)=N4)c4c(c3)oc3ccccc34)ccc2c1. The van der Waals surface area contributed by atoms with Gasteiger partial charge in [0.25, 0.3) is 0 Å². The maximum atomic E-state index is 6.65. The van der Waals surface area contributed by atoms with Gasteiger partial charge in [-0.3, -0.25) is 0 Å². The fourth-order valence-electron chi connectivity index (χ4n) is 8.99. The molecule has 0 aliphatic carbocycles. The number of furan rings is 1. The zero-order chi connectivity index (χ0) is 37.5. The van der Waals surface area contributed by atoms with Crippen LogP contribution in [0.1, 0.15) is 22.9 Å². The minimum Gasteiger partial charge on any atom is -0.456 e. The molecule has 1 aliphatic heterocycles. The van der Waals surface area contributed by atoms with Crippen molar-refractivity contribution >= 4 is 87.5 Å². The van der Waals surface area contributed by atoms with E-state index in [0.717, 1.165) is 71.8 Å². The van der Waals surface area contributed by atoms with Crippen molar-refractivity contribution in [3.8, 4) is 11.1 Å². The fourth-order valence-corrected chi connectivity index (χ4v) is 8.99. The lowest BCUT2D eigenvalue weighted by molar-refractivity contribution is 0.669. The third-order valence-corrected chi connectivity index (χ3v) is 11.7. The number of fused-ring (bicyclic) bond motifs is 10. The van der Waals surface area contributed by atoms with Crippen LogP contribution < -0.4 is 5.32 Å². The molecule has 1 unspecified atom stereocenters. The van der Waals surface area contributed by atoms with Gasteiger partial charge < -0.3 is 9.73 Å². The highest BCUT2D eigenvalue weighted by atomic mass is 16.3. The van der Waals surface area contributed by atoms with Crippen molar-refractivity contribution in [2.24, 2.45) is 9.98 Å². The van der Waals surface area contributed by atoms with E-state index in [9.17, 15) is 0 Å². The molecule has 0 fully saturated rings. The van der Waals surface area contributed by atoms with Gasteiger partial charge in [-0.2, -0.15) is 0 Å². The molecular weight excluding hydrogens is 695 g/mol. The number of benzene rings is 10. The summed E-state index contributed by atoms with van der Waals surface area (Å²) in [5.74, 6) is 1.43. The molecule has 57 heavy (non-hydrogen) atoms. The molecule has 1 N–H and O–H groups in total. The Morgan fingerprint density at radius 3 is 1.77 bits per heavy atom. The van der Waals surface area contributed by atoms with E-state index in [-0.39, 0.29) is 0 Å². The summed E-state index contributed by atoms with van der Waals surface area (Å²) < 4.78 is 6.65. The molecule has 10 aromatic carbocycles. The van der Waals surface area contributed by atoms with E-state index in [0.29, 0.717) is 5.84 Å². The van der Waals surface area contributed by atoms with Crippen molar-refractivity contribution in [2.45, 2.75) is 6.17 Å². The highest BCUT2D eigenvalue weighted by Crippen LogP contribution is 2.40. The van der Waals surface area contributed by atoms with Crippen molar-refractivity contribution in [1.29, 1.82) is 0 Å². The topological polar surface area (TPSA) is 49.9 Å². The van der Waals surface area contributed by atoms with Crippen LogP contribution in [0.15, 0.2) is 202 Å². The number of para-hydroxylation sites is 1. The van der Waals surface area contributed by atoms with Gasteiger partial charge in [0.1, 0.15) is 23.2 Å². The molecule has 0 radical (unpaired) electrons. The molecule has 4 heteroatoms. The highest BCUT2D eigenvalue weighted by Gasteiger charge is 2.27. The molecule has 4 nitrogen and oxygen atoms in total. The quantitative estimate of drug-likeness (QED) is 0.184. The van der Waals surface area contributed by atoms with Crippen molar-refractivity contribution in [3.05, 3.63) is 205 Å². The Hall–Kier alpha value is -7.56. The number of amidine groups is 2. The molecule has 0 saturated heterocycles. The number of rotatable bonds is 4. The van der Waals surface area contributed by atoms with Gasteiger partial charge in [-0.05, 0) is 101 Å². The van der Waals surface area contributed by atoms with Gasteiger partial charge in [-0.25, -0.2) is 9.98 Å². The molecule has 266 valence electrons. The number of aliphatic imine (C=N–C) groups is 2. The first-order chi connectivity index (χ1) is 28.2. The molecule has 12 rings (SSSR count). The number of nitrogens with one attached hydrogen (secondary N) is 1. The van der Waals surface area contributed by atoms with Crippen LogP contribution in [0.3, 0.4) is 0 Å². The average molecular weight is 728 g/mol. The summed E-state index contributed by atoms with van der Waals surface area (Å²) in [5.41, 5.74) is 6.85. The lowest BCUT2D eigenvalue weighted by atomic mass is 9.93. The monoisotopic (exact) mass is 727 g/mol. The van der Waals surface area contributed by atoms with Crippen LogP contribution >= 0.6 is 0 Å². The maximum absolute atomic E-state index is 6.65. The molecule has 2 heterocycles. The molecule has 0 bridgehead atoms. The zero-order valence-electron chi connectivity index (χ0n) is 30.8. The first-order valence-corrected chi connectivity index (χ1v) is 19.4. The summed E-state index contributed by atoms with van der Waals surface area (Å²) in [6.07, 6.45) is -0.440. The Kier molecular flexibility index (Phi) is 6.96. The van der Waals surface area contributed by atoms with Crippen LogP contribution in [0.25, 0.3) is 86.9 Å². The summed E-state index contributed by atoms with van der Waals surface area (Å²) >= 11 is 0. The summed E-state index contributed by atoms with van der Waals surface area (Å²) in [6.45, 7) is 0. The van der Waals surface area contributed by atoms with Gasteiger partial charge in [-0.1, -0.05) is 152 Å². The van der Waals surface area contributed by atoms with Gasteiger partial charge in [0.15, 0.2) is 5.84 Å². The van der Waals surface area contributed by atoms with E-state index in [1.165, 1.54) is 37.7 Å². The number of hydrogen-bond acceptors (Lipinski definition) is 4. The molecule has 11 aromatic rings. The van der Waals surface area contributed by atoms with Gasteiger partial charge in [0.2, 0.25) is 0 Å². The van der Waals surface area contributed by atoms with Crippen molar-refractivity contribution in [1.82, 2.24) is 5.32 Å². The number of nitrogens with zero attached hydrogens (tertiary/aromatic N) is 2. The Balaban J connectivity index is 1.16. The summed E-state index contributed by atoms with van der Waals surface area (Å²) in [7, 11) is 0. The third kappa shape index (κ3) is 5.08. The van der Waals surface area contributed by atoms with E-state index in [4.69, 9.17) is 14.4 Å². The molecule has 0 amide bonds.